The molecular weight excluding hydrogens is 600 g/mol. The molecule has 1 unspecified atom stereocenters. The maximum Gasteiger partial charge on any atom is 0.254 e. The first kappa shape index (κ1) is 31.3. The van der Waals surface area contributed by atoms with Crippen LogP contribution in [0.4, 0.5) is 0 Å². The summed E-state index contributed by atoms with van der Waals surface area (Å²) in [5.41, 5.74) is 5.65. The van der Waals surface area contributed by atoms with Crippen molar-refractivity contribution in [2.24, 2.45) is 0 Å². The maximum absolute atomic E-state index is 13.3. The summed E-state index contributed by atoms with van der Waals surface area (Å²) in [5, 5.41) is 10.6. The van der Waals surface area contributed by atoms with E-state index in [1.165, 1.54) is 22.9 Å². The van der Waals surface area contributed by atoms with Crippen molar-refractivity contribution >= 4 is 45.6 Å². The van der Waals surface area contributed by atoms with Gasteiger partial charge in [-0.3, -0.25) is 9.59 Å². The molecule has 1 atom stereocenters. The zero-order valence-corrected chi connectivity index (χ0v) is 27.4. The number of piperazine rings is 1. The van der Waals surface area contributed by atoms with Crippen LogP contribution in [0, 0.1) is 6.92 Å². The molecule has 1 fully saturated rings. The molecule has 238 valence electrons. The lowest BCUT2D eigenvalue weighted by Crippen LogP contribution is -2.55. The summed E-state index contributed by atoms with van der Waals surface area (Å²) in [7, 11) is 3.12. The number of rotatable bonds is 10. The summed E-state index contributed by atoms with van der Waals surface area (Å²) in [6.07, 6.45) is 1.11. The lowest BCUT2D eigenvalue weighted by Gasteiger charge is -2.40. The highest BCUT2D eigenvalue weighted by Gasteiger charge is 2.30. The second kappa shape index (κ2) is 13.8. The van der Waals surface area contributed by atoms with Gasteiger partial charge < -0.3 is 23.8 Å². The van der Waals surface area contributed by atoms with Crippen LogP contribution in [-0.4, -0.2) is 87.0 Å². The third-order valence-corrected chi connectivity index (χ3v) is 9.47. The van der Waals surface area contributed by atoms with Gasteiger partial charge in [-0.25, -0.2) is 4.98 Å². The maximum atomic E-state index is 13.3. The van der Waals surface area contributed by atoms with Gasteiger partial charge in [0.2, 0.25) is 11.1 Å². The molecule has 5 aromatic rings. The zero-order valence-electron chi connectivity index (χ0n) is 26.6. The van der Waals surface area contributed by atoms with Crippen LogP contribution in [0.1, 0.15) is 41.3 Å². The van der Waals surface area contributed by atoms with Gasteiger partial charge in [-0.15, -0.1) is 10.2 Å². The minimum Gasteiger partial charge on any atom is -0.497 e. The van der Waals surface area contributed by atoms with E-state index in [2.05, 4.69) is 58.1 Å². The van der Waals surface area contributed by atoms with Crippen molar-refractivity contribution < 1.29 is 19.1 Å². The Balaban J connectivity index is 1.06. The number of hydrogen-bond acceptors (Lipinski definition) is 8. The Kier molecular flexibility index (Phi) is 9.39. The Bertz CT molecular complexity index is 1870. The molecule has 1 aliphatic rings. The zero-order chi connectivity index (χ0) is 32.2. The summed E-state index contributed by atoms with van der Waals surface area (Å²) in [4.78, 5) is 35.0. The second-order valence-electron chi connectivity index (χ2n) is 11.5. The standard InChI is InChI=1S/C35H38N6O4S/c1-23-10-5-6-11-25(23)22-41-30-13-8-7-12-29(30)32-33(41)36-35(38-37-32)46-17-9-14-31(42)39-15-16-40(24(2)21-39)34(43)26-18-27(44-3)20-28(19-26)45-4/h5-8,10-13,18-20,24H,9,14-17,21-22H2,1-4H3. The molecule has 3 heterocycles. The van der Waals surface area contributed by atoms with Crippen LogP contribution in [0.15, 0.2) is 71.9 Å². The van der Waals surface area contributed by atoms with Crippen LogP contribution in [-0.2, 0) is 11.3 Å². The van der Waals surface area contributed by atoms with Gasteiger partial charge in [-0.05, 0) is 49.6 Å². The van der Waals surface area contributed by atoms with E-state index in [9.17, 15) is 9.59 Å². The number of carbonyl (C=O) groups excluding carboxylic acids is 2. The Hall–Kier alpha value is -4.64. The lowest BCUT2D eigenvalue weighted by atomic mass is 10.1. The van der Waals surface area contributed by atoms with E-state index in [1.54, 1.807) is 32.4 Å². The molecule has 2 amide bonds. The van der Waals surface area contributed by atoms with Crippen molar-refractivity contribution in [1.29, 1.82) is 0 Å². The Morgan fingerprint density at radius 2 is 1.70 bits per heavy atom. The molecular formula is C35H38N6O4S. The summed E-state index contributed by atoms with van der Waals surface area (Å²) in [6, 6.07) is 21.6. The van der Waals surface area contributed by atoms with Gasteiger partial charge in [0.05, 0.1) is 19.7 Å². The van der Waals surface area contributed by atoms with E-state index in [0.29, 0.717) is 67.0 Å². The lowest BCUT2D eigenvalue weighted by molar-refractivity contribution is -0.133. The number of aromatic nitrogens is 4. The fraction of sp³-hybridized carbons (Fsp3) is 0.343. The van der Waals surface area contributed by atoms with E-state index in [0.717, 1.165) is 22.1 Å². The van der Waals surface area contributed by atoms with Gasteiger partial charge in [0.1, 0.15) is 17.0 Å². The van der Waals surface area contributed by atoms with E-state index in [4.69, 9.17) is 14.5 Å². The van der Waals surface area contributed by atoms with E-state index in [1.807, 2.05) is 28.9 Å². The number of carbonyl (C=O) groups is 2. The predicted molar refractivity (Wildman–Crippen MR) is 180 cm³/mol. The molecule has 0 saturated carbocycles. The second-order valence-corrected chi connectivity index (χ2v) is 12.6. The molecule has 10 nitrogen and oxygen atoms in total. The average molecular weight is 639 g/mol. The molecule has 0 bridgehead atoms. The fourth-order valence-electron chi connectivity index (χ4n) is 6.00. The average Bonchev–Trinajstić information content (AvgIpc) is 3.39. The van der Waals surface area contributed by atoms with Crippen molar-refractivity contribution in [3.8, 4) is 11.5 Å². The summed E-state index contributed by atoms with van der Waals surface area (Å²) < 4.78 is 12.9. The molecule has 1 aliphatic heterocycles. The molecule has 2 aromatic heterocycles. The van der Waals surface area contributed by atoms with E-state index < -0.39 is 0 Å². The van der Waals surface area contributed by atoms with Crippen molar-refractivity contribution in [2.75, 3.05) is 39.6 Å². The molecule has 3 aromatic carbocycles. The summed E-state index contributed by atoms with van der Waals surface area (Å²) >= 11 is 1.52. The van der Waals surface area contributed by atoms with Crippen LogP contribution in [0.3, 0.4) is 0 Å². The Morgan fingerprint density at radius 1 is 0.957 bits per heavy atom. The number of fused-ring (bicyclic) bond motifs is 3. The van der Waals surface area contributed by atoms with Crippen LogP contribution in [0.2, 0.25) is 0 Å². The van der Waals surface area contributed by atoms with Crippen molar-refractivity contribution in [3.05, 3.63) is 83.4 Å². The molecule has 11 heteroatoms. The molecule has 46 heavy (non-hydrogen) atoms. The Morgan fingerprint density at radius 3 is 2.43 bits per heavy atom. The molecule has 0 N–H and O–H groups in total. The van der Waals surface area contributed by atoms with Gasteiger partial charge in [-0.1, -0.05) is 54.2 Å². The molecule has 0 spiro atoms. The van der Waals surface area contributed by atoms with Crippen molar-refractivity contribution in [1.82, 2.24) is 29.5 Å². The van der Waals surface area contributed by atoms with Gasteiger partial charge in [0.25, 0.3) is 5.91 Å². The third-order valence-electron chi connectivity index (χ3n) is 8.55. The largest absolute Gasteiger partial charge is 0.497 e. The quantitative estimate of drug-likeness (QED) is 0.144. The monoisotopic (exact) mass is 638 g/mol. The number of aryl methyl sites for hydroxylation is 1. The summed E-state index contributed by atoms with van der Waals surface area (Å²) in [6.45, 7) is 6.25. The third kappa shape index (κ3) is 6.50. The van der Waals surface area contributed by atoms with Crippen molar-refractivity contribution in [2.45, 2.75) is 44.4 Å². The predicted octanol–water partition coefficient (Wildman–Crippen LogP) is 5.60. The number of hydrogen-bond donors (Lipinski definition) is 0. The molecule has 6 rings (SSSR count). The molecule has 0 aliphatic carbocycles. The van der Waals surface area contributed by atoms with Gasteiger partial charge >= 0.3 is 0 Å². The minimum absolute atomic E-state index is 0.0930. The number of para-hydroxylation sites is 1. The van der Waals surface area contributed by atoms with Crippen LogP contribution >= 0.6 is 11.8 Å². The van der Waals surface area contributed by atoms with Crippen LogP contribution in [0.25, 0.3) is 22.1 Å². The summed E-state index contributed by atoms with van der Waals surface area (Å²) in [5.74, 6) is 1.82. The normalized spacial score (nSPS) is 15.0. The smallest absolute Gasteiger partial charge is 0.254 e. The van der Waals surface area contributed by atoms with Crippen molar-refractivity contribution in [3.63, 3.8) is 0 Å². The fourth-order valence-corrected chi connectivity index (χ4v) is 6.72. The Labute approximate surface area is 272 Å². The first-order valence-electron chi connectivity index (χ1n) is 15.5. The van der Waals surface area contributed by atoms with Crippen LogP contribution < -0.4 is 9.47 Å². The number of benzene rings is 3. The number of methoxy groups -OCH3 is 2. The molecule has 1 saturated heterocycles. The van der Waals surface area contributed by atoms with Gasteiger partial charge in [0, 0.05) is 61.4 Å². The highest BCUT2D eigenvalue weighted by molar-refractivity contribution is 7.99. The van der Waals surface area contributed by atoms with E-state index in [-0.39, 0.29) is 17.9 Å². The first-order chi connectivity index (χ1) is 22.4. The number of nitrogens with zero attached hydrogens (tertiary/aromatic N) is 6. The highest BCUT2D eigenvalue weighted by atomic mass is 32.2. The number of amides is 2. The first-order valence-corrected chi connectivity index (χ1v) is 16.5. The number of ether oxygens (including phenoxy) is 2. The van der Waals surface area contributed by atoms with Gasteiger partial charge in [-0.2, -0.15) is 0 Å². The minimum atomic E-state index is -0.116. The molecule has 0 radical (unpaired) electrons. The SMILES string of the molecule is COc1cc(OC)cc(C(=O)N2CCN(C(=O)CCCSc3nnc4c5ccccc5n(Cc5ccccc5C)c4n3)CC2C)c1. The van der Waals surface area contributed by atoms with Gasteiger partial charge in [0.15, 0.2) is 5.65 Å². The number of thioether (sulfide) groups is 1. The topological polar surface area (TPSA) is 103 Å². The van der Waals surface area contributed by atoms with E-state index >= 15 is 0 Å². The highest BCUT2D eigenvalue weighted by Crippen LogP contribution is 2.29. The van der Waals surface area contributed by atoms with Crippen LogP contribution in [0.5, 0.6) is 11.5 Å².